The number of hydrogen-bond acceptors (Lipinski definition) is 1. The molecule has 1 aromatic heterocycles. The summed E-state index contributed by atoms with van der Waals surface area (Å²) < 4.78 is 6.60. The molecule has 2 heteroatoms. The molecule has 7 aromatic rings. The molecule has 0 unspecified atom stereocenters. The third-order valence-electron chi connectivity index (χ3n) is 7.13. The Kier molecular flexibility index (Phi) is 5.57. The molecule has 0 amide bonds. The average molecular weight is 507 g/mol. The van der Waals surface area contributed by atoms with Crippen molar-refractivity contribution in [3.05, 3.63) is 145 Å². The molecule has 0 aliphatic rings. The van der Waals surface area contributed by atoms with Gasteiger partial charge in [-0.15, -0.1) is 0 Å². The lowest BCUT2D eigenvalue weighted by atomic mass is 9.85. The average Bonchev–Trinajstić information content (AvgIpc) is 3.35. The first-order valence-electron chi connectivity index (χ1n) is 12.7. The van der Waals surface area contributed by atoms with Crippen LogP contribution in [-0.4, -0.2) is 0 Å². The van der Waals surface area contributed by atoms with Crippen LogP contribution in [0.1, 0.15) is 0 Å². The van der Waals surface area contributed by atoms with Crippen LogP contribution in [0.2, 0.25) is 5.02 Å². The summed E-state index contributed by atoms with van der Waals surface area (Å²) in [7, 11) is 0. The van der Waals surface area contributed by atoms with E-state index in [4.69, 9.17) is 16.0 Å². The largest absolute Gasteiger partial charge is 0.455 e. The van der Waals surface area contributed by atoms with Crippen molar-refractivity contribution in [3.8, 4) is 44.5 Å². The van der Waals surface area contributed by atoms with Gasteiger partial charge in [0.25, 0.3) is 0 Å². The van der Waals surface area contributed by atoms with Crippen molar-refractivity contribution in [2.24, 2.45) is 0 Å². The normalized spacial score (nSPS) is 11.3. The monoisotopic (exact) mass is 506 g/mol. The molecule has 0 spiro atoms. The molecule has 0 radical (unpaired) electrons. The summed E-state index contributed by atoms with van der Waals surface area (Å²) in [4.78, 5) is 0. The Labute approximate surface area is 226 Å². The molecular formula is C36H23ClO. The minimum Gasteiger partial charge on any atom is -0.455 e. The van der Waals surface area contributed by atoms with Gasteiger partial charge in [-0.05, 0) is 63.7 Å². The van der Waals surface area contributed by atoms with Crippen LogP contribution in [0.15, 0.2) is 144 Å². The van der Waals surface area contributed by atoms with Crippen LogP contribution in [0.5, 0.6) is 0 Å². The van der Waals surface area contributed by atoms with Crippen LogP contribution in [0, 0.1) is 0 Å². The van der Waals surface area contributed by atoms with Crippen molar-refractivity contribution in [2.75, 3.05) is 0 Å². The highest BCUT2D eigenvalue weighted by molar-refractivity contribution is 6.30. The Morgan fingerprint density at radius 1 is 0.421 bits per heavy atom. The summed E-state index contributed by atoms with van der Waals surface area (Å²) in [6.07, 6.45) is 0. The van der Waals surface area contributed by atoms with E-state index in [1.54, 1.807) is 0 Å². The molecule has 180 valence electrons. The summed E-state index contributed by atoms with van der Waals surface area (Å²) in [6, 6.07) is 48.5. The van der Waals surface area contributed by atoms with E-state index in [0.717, 1.165) is 60.3 Å². The first-order valence-corrected chi connectivity index (χ1v) is 13.1. The Hall–Kier alpha value is -4.59. The molecule has 1 nitrogen and oxygen atoms in total. The molecule has 38 heavy (non-hydrogen) atoms. The molecule has 0 fully saturated rings. The number of halogens is 1. The lowest BCUT2D eigenvalue weighted by Crippen LogP contribution is -1.92. The van der Waals surface area contributed by atoms with E-state index in [1.165, 1.54) is 11.1 Å². The molecule has 0 aliphatic carbocycles. The van der Waals surface area contributed by atoms with Crippen molar-refractivity contribution in [2.45, 2.75) is 0 Å². The lowest BCUT2D eigenvalue weighted by molar-refractivity contribution is 0.670. The fourth-order valence-corrected chi connectivity index (χ4v) is 5.60. The van der Waals surface area contributed by atoms with E-state index in [0.29, 0.717) is 0 Å². The van der Waals surface area contributed by atoms with Gasteiger partial charge in [0.15, 0.2) is 0 Å². The van der Waals surface area contributed by atoms with Gasteiger partial charge in [-0.1, -0.05) is 121 Å². The van der Waals surface area contributed by atoms with Gasteiger partial charge in [0.2, 0.25) is 0 Å². The standard InChI is InChI=1S/C36H23ClO/c37-29-18-10-16-27(22-29)26-15-9-17-28(21-26)34-31(24-11-3-1-4-12-24)23-32-30-19-7-8-20-33(30)38-36(32)35(34)25-13-5-2-6-14-25/h1-23H. The maximum absolute atomic E-state index is 6.60. The number of fused-ring (bicyclic) bond motifs is 3. The molecule has 1 heterocycles. The van der Waals surface area contributed by atoms with E-state index in [9.17, 15) is 0 Å². The summed E-state index contributed by atoms with van der Waals surface area (Å²) in [5.41, 5.74) is 10.8. The van der Waals surface area contributed by atoms with Crippen molar-refractivity contribution >= 4 is 33.5 Å². The van der Waals surface area contributed by atoms with Gasteiger partial charge in [0.1, 0.15) is 11.2 Å². The van der Waals surface area contributed by atoms with Gasteiger partial charge in [-0.2, -0.15) is 0 Å². The van der Waals surface area contributed by atoms with E-state index in [2.05, 4.69) is 109 Å². The number of hydrogen-bond donors (Lipinski definition) is 0. The number of para-hydroxylation sites is 1. The smallest absolute Gasteiger partial charge is 0.143 e. The van der Waals surface area contributed by atoms with Gasteiger partial charge < -0.3 is 4.42 Å². The maximum atomic E-state index is 6.60. The molecule has 0 aliphatic heterocycles. The predicted molar refractivity (Wildman–Crippen MR) is 160 cm³/mol. The van der Waals surface area contributed by atoms with Crippen LogP contribution in [0.25, 0.3) is 66.4 Å². The zero-order valence-corrected chi connectivity index (χ0v) is 21.3. The number of benzene rings is 6. The van der Waals surface area contributed by atoms with E-state index in [1.807, 2.05) is 30.3 Å². The molecular weight excluding hydrogens is 484 g/mol. The second-order valence-electron chi connectivity index (χ2n) is 9.47. The Balaban J connectivity index is 1.62. The number of rotatable bonds is 4. The summed E-state index contributed by atoms with van der Waals surface area (Å²) in [5, 5.41) is 2.97. The Morgan fingerprint density at radius 2 is 1.03 bits per heavy atom. The highest BCUT2D eigenvalue weighted by Crippen LogP contribution is 2.47. The maximum Gasteiger partial charge on any atom is 0.143 e. The zero-order chi connectivity index (χ0) is 25.5. The third kappa shape index (κ3) is 3.89. The highest BCUT2D eigenvalue weighted by Gasteiger charge is 2.22. The molecule has 0 bridgehead atoms. The van der Waals surface area contributed by atoms with Crippen molar-refractivity contribution < 1.29 is 4.42 Å². The van der Waals surface area contributed by atoms with Gasteiger partial charge in [-0.3, -0.25) is 0 Å². The topological polar surface area (TPSA) is 13.1 Å². The second kappa shape index (κ2) is 9.37. The fourth-order valence-electron chi connectivity index (χ4n) is 5.41. The number of furan rings is 1. The Morgan fingerprint density at radius 3 is 1.79 bits per heavy atom. The van der Waals surface area contributed by atoms with Gasteiger partial charge >= 0.3 is 0 Å². The minimum absolute atomic E-state index is 0.728. The second-order valence-corrected chi connectivity index (χ2v) is 9.91. The summed E-state index contributed by atoms with van der Waals surface area (Å²) in [5.74, 6) is 0. The Bertz CT molecular complexity index is 1920. The first kappa shape index (κ1) is 22.6. The fraction of sp³-hybridized carbons (Fsp3) is 0. The van der Waals surface area contributed by atoms with E-state index < -0.39 is 0 Å². The van der Waals surface area contributed by atoms with Crippen molar-refractivity contribution in [1.82, 2.24) is 0 Å². The highest BCUT2D eigenvalue weighted by atomic mass is 35.5. The van der Waals surface area contributed by atoms with Gasteiger partial charge in [0, 0.05) is 26.9 Å². The summed E-state index contributed by atoms with van der Waals surface area (Å²) >= 11 is 6.35. The quantitative estimate of drug-likeness (QED) is 0.231. The van der Waals surface area contributed by atoms with E-state index in [-0.39, 0.29) is 0 Å². The molecule has 0 saturated heterocycles. The molecule has 7 rings (SSSR count). The lowest BCUT2D eigenvalue weighted by Gasteiger charge is -2.18. The van der Waals surface area contributed by atoms with Crippen molar-refractivity contribution in [1.29, 1.82) is 0 Å². The van der Waals surface area contributed by atoms with Crippen LogP contribution in [0.4, 0.5) is 0 Å². The van der Waals surface area contributed by atoms with Crippen LogP contribution >= 0.6 is 11.6 Å². The van der Waals surface area contributed by atoms with Crippen molar-refractivity contribution in [3.63, 3.8) is 0 Å². The van der Waals surface area contributed by atoms with E-state index >= 15 is 0 Å². The van der Waals surface area contributed by atoms with Crippen LogP contribution in [-0.2, 0) is 0 Å². The first-order chi connectivity index (χ1) is 18.8. The van der Waals surface area contributed by atoms with Gasteiger partial charge in [-0.25, -0.2) is 0 Å². The molecule has 0 N–H and O–H groups in total. The SMILES string of the molecule is Clc1cccc(-c2cccc(-c3c(-c4ccccc4)cc4c(oc5ccccc54)c3-c3ccccc3)c2)c1. The summed E-state index contributed by atoms with van der Waals surface area (Å²) in [6.45, 7) is 0. The predicted octanol–water partition coefficient (Wildman–Crippen LogP) is 10.9. The third-order valence-corrected chi connectivity index (χ3v) is 7.36. The van der Waals surface area contributed by atoms with Crippen LogP contribution in [0.3, 0.4) is 0 Å². The van der Waals surface area contributed by atoms with Crippen LogP contribution < -0.4 is 0 Å². The van der Waals surface area contributed by atoms with Gasteiger partial charge in [0.05, 0.1) is 0 Å². The zero-order valence-electron chi connectivity index (χ0n) is 20.6. The molecule has 6 aromatic carbocycles. The molecule has 0 saturated carbocycles. The minimum atomic E-state index is 0.728. The molecule has 0 atom stereocenters.